The number of carboxylic acid groups (broad SMARTS) is 1. The number of amides is 1. The summed E-state index contributed by atoms with van der Waals surface area (Å²) in [6, 6.07) is -3.44. The Morgan fingerprint density at radius 3 is 2.58 bits per heavy atom. The second kappa shape index (κ2) is 9.91. The van der Waals surface area contributed by atoms with Gasteiger partial charge in [-0.05, 0) is 0 Å². The number of carbonyl (C=O) groups is 2. The van der Waals surface area contributed by atoms with E-state index in [9.17, 15) is 24.9 Å². The average molecular weight is 452 g/mol. The maximum Gasteiger partial charge on any atom is 0.372 e. The molecule has 0 saturated carbocycles. The van der Waals surface area contributed by atoms with Gasteiger partial charge in [0.2, 0.25) is 5.91 Å². The highest BCUT2D eigenvalue weighted by molar-refractivity contribution is 5.79. The predicted molar refractivity (Wildman–Crippen MR) is 96.9 cm³/mol. The van der Waals surface area contributed by atoms with Crippen LogP contribution >= 0.6 is 0 Å². The summed E-state index contributed by atoms with van der Waals surface area (Å²) in [7, 11) is 1.36. The van der Waals surface area contributed by atoms with Gasteiger partial charge >= 0.3 is 11.8 Å². The number of nitrogens with one attached hydrogen (secondary N) is 1. The third-order valence-corrected chi connectivity index (χ3v) is 4.88. The molecule has 14 heteroatoms. The summed E-state index contributed by atoms with van der Waals surface area (Å²) < 4.78 is 40.9. The molecule has 1 aromatic rings. The molecule has 2 rings (SSSR count). The molecule has 1 aliphatic rings. The largest absolute Gasteiger partial charge is 0.477 e. The highest BCUT2D eigenvalue weighted by Gasteiger charge is 2.64. The van der Waals surface area contributed by atoms with Crippen LogP contribution in [0.1, 0.15) is 25.6 Å². The van der Waals surface area contributed by atoms with Crippen molar-refractivity contribution in [2.45, 2.75) is 62.9 Å². The van der Waals surface area contributed by atoms with Crippen molar-refractivity contribution >= 4 is 11.9 Å². The molecule has 7 unspecified atom stereocenters. The lowest BCUT2D eigenvalue weighted by Crippen LogP contribution is -2.69. The van der Waals surface area contributed by atoms with Gasteiger partial charge in [0.1, 0.15) is 30.0 Å². The molecule has 0 radical (unpaired) electrons. The monoisotopic (exact) mass is 452 g/mol. The van der Waals surface area contributed by atoms with Crippen molar-refractivity contribution in [1.82, 2.24) is 20.3 Å². The Kier molecular flexibility index (Phi) is 7.99. The summed E-state index contributed by atoms with van der Waals surface area (Å²) in [5.74, 6) is -7.57. The molecule has 5 N–H and O–H groups in total. The Bertz CT molecular complexity index is 781. The minimum absolute atomic E-state index is 0.0435. The number of aliphatic hydroxyl groups excluding tert-OH is 3. The molecule has 0 aromatic carbocycles. The maximum atomic E-state index is 15.3. The number of ether oxygens (including phenoxy) is 2. The number of rotatable bonds is 9. The van der Waals surface area contributed by atoms with Gasteiger partial charge in [0, 0.05) is 13.0 Å². The van der Waals surface area contributed by atoms with Crippen molar-refractivity contribution in [2.75, 3.05) is 13.7 Å². The summed E-state index contributed by atoms with van der Waals surface area (Å²) >= 11 is 0. The summed E-state index contributed by atoms with van der Waals surface area (Å²) in [5.41, 5.74) is 0.197. The van der Waals surface area contributed by atoms with Crippen LogP contribution < -0.4 is 5.32 Å². The lowest BCUT2D eigenvalue weighted by molar-refractivity contribution is -0.283. The smallest absolute Gasteiger partial charge is 0.372 e. The van der Waals surface area contributed by atoms with E-state index in [0.717, 1.165) is 10.9 Å². The van der Waals surface area contributed by atoms with Crippen LogP contribution in [0.5, 0.6) is 0 Å². The van der Waals surface area contributed by atoms with Crippen LogP contribution in [-0.4, -0.2) is 97.4 Å². The number of carbonyl (C=O) groups excluding carboxylic acids is 1. The number of halogens is 2. The molecule has 1 fully saturated rings. The SMILES string of the molecule is COCc1cn(C2C(NC(=O)C(C)C)C(C(O)C(O)CO)OC(F)(C(=O)O)C2F)nn1. The Morgan fingerprint density at radius 1 is 1.42 bits per heavy atom. The molecule has 0 bridgehead atoms. The zero-order valence-corrected chi connectivity index (χ0v) is 17.1. The Labute approximate surface area is 175 Å². The lowest BCUT2D eigenvalue weighted by atomic mass is 9.85. The van der Waals surface area contributed by atoms with Crippen LogP contribution in [-0.2, 0) is 25.7 Å². The minimum atomic E-state index is -3.96. The number of aromatic nitrogens is 3. The van der Waals surface area contributed by atoms with Crippen LogP contribution in [0.4, 0.5) is 8.78 Å². The first-order valence-electron chi connectivity index (χ1n) is 9.39. The lowest BCUT2D eigenvalue weighted by Gasteiger charge is -2.47. The third kappa shape index (κ3) is 4.98. The van der Waals surface area contributed by atoms with Gasteiger partial charge < -0.3 is 35.2 Å². The Hall–Kier alpha value is -2.26. The number of alkyl halides is 2. The van der Waals surface area contributed by atoms with E-state index in [-0.39, 0.29) is 12.3 Å². The first-order chi connectivity index (χ1) is 14.5. The predicted octanol–water partition coefficient (Wildman–Crippen LogP) is -1.69. The normalized spacial score (nSPS) is 30.7. The van der Waals surface area contributed by atoms with Gasteiger partial charge in [-0.3, -0.25) is 4.79 Å². The number of aliphatic hydroxyl groups is 3. The van der Waals surface area contributed by atoms with Gasteiger partial charge in [-0.25, -0.2) is 13.9 Å². The van der Waals surface area contributed by atoms with Crippen molar-refractivity contribution in [2.24, 2.45) is 5.92 Å². The molecule has 0 aliphatic carbocycles. The molecule has 1 aliphatic heterocycles. The molecule has 0 spiro atoms. The van der Waals surface area contributed by atoms with Crippen LogP contribution in [0.2, 0.25) is 0 Å². The minimum Gasteiger partial charge on any atom is -0.477 e. The molecular weight excluding hydrogens is 426 g/mol. The van der Waals surface area contributed by atoms with E-state index in [1.165, 1.54) is 21.0 Å². The van der Waals surface area contributed by atoms with Gasteiger partial charge in [0.05, 0.1) is 25.5 Å². The zero-order chi connectivity index (χ0) is 23.5. The van der Waals surface area contributed by atoms with E-state index in [2.05, 4.69) is 15.6 Å². The van der Waals surface area contributed by atoms with Crippen molar-refractivity contribution in [3.8, 4) is 0 Å². The van der Waals surface area contributed by atoms with Crippen LogP contribution in [0.25, 0.3) is 0 Å². The second-order valence-electron chi connectivity index (χ2n) is 7.48. The molecular formula is C17H26F2N4O8. The molecule has 2 heterocycles. The fourth-order valence-corrected chi connectivity index (χ4v) is 3.18. The fourth-order valence-electron chi connectivity index (χ4n) is 3.18. The second-order valence-corrected chi connectivity index (χ2v) is 7.48. The van der Waals surface area contributed by atoms with E-state index in [1.807, 2.05) is 0 Å². The first kappa shape index (κ1) is 25.0. The quantitative estimate of drug-likeness (QED) is 0.290. The van der Waals surface area contributed by atoms with Crippen molar-refractivity contribution in [3.05, 3.63) is 11.9 Å². The maximum absolute atomic E-state index is 15.3. The number of methoxy groups -OCH3 is 1. The van der Waals surface area contributed by atoms with Crippen molar-refractivity contribution < 1.29 is 48.3 Å². The van der Waals surface area contributed by atoms with E-state index in [0.29, 0.717) is 0 Å². The molecule has 1 amide bonds. The van der Waals surface area contributed by atoms with Gasteiger partial charge in [-0.2, -0.15) is 4.39 Å². The van der Waals surface area contributed by atoms with Crippen LogP contribution in [0.3, 0.4) is 0 Å². The zero-order valence-electron chi connectivity index (χ0n) is 17.1. The van der Waals surface area contributed by atoms with E-state index in [4.69, 9.17) is 14.6 Å². The first-order valence-corrected chi connectivity index (χ1v) is 9.39. The molecule has 7 atom stereocenters. The van der Waals surface area contributed by atoms with E-state index < -0.39 is 66.8 Å². The molecule has 1 saturated heterocycles. The number of carboxylic acids is 1. The number of aliphatic carboxylic acids is 1. The summed E-state index contributed by atoms with van der Waals surface area (Å²) in [6.45, 7) is 1.98. The van der Waals surface area contributed by atoms with Crippen LogP contribution in [0, 0.1) is 5.92 Å². The number of hydrogen-bond donors (Lipinski definition) is 5. The number of nitrogens with zero attached hydrogens (tertiary/aromatic N) is 3. The topological polar surface area (TPSA) is 176 Å². The highest BCUT2D eigenvalue weighted by Crippen LogP contribution is 2.41. The highest BCUT2D eigenvalue weighted by atomic mass is 19.2. The molecule has 176 valence electrons. The fraction of sp³-hybridized carbons (Fsp3) is 0.765. The Morgan fingerprint density at radius 2 is 2.06 bits per heavy atom. The van der Waals surface area contributed by atoms with Gasteiger partial charge in [-0.1, -0.05) is 19.1 Å². The molecule has 12 nitrogen and oxygen atoms in total. The standard InChI is InChI=1S/C17H26F2N4O8/c1-7(2)15(27)20-10-11(23-4-8(6-30-3)21-22-23)14(18)17(19,16(28)29)31-13(10)12(26)9(25)5-24/h4,7,9-14,24-26H,5-6H2,1-3H3,(H,20,27)(H,28,29). The summed E-state index contributed by atoms with van der Waals surface area (Å²) in [6.07, 6.45) is -7.71. The number of hydrogen-bond acceptors (Lipinski definition) is 9. The van der Waals surface area contributed by atoms with E-state index in [1.54, 1.807) is 0 Å². The summed E-state index contributed by atoms with van der Waals surface area (Å²) in [5, 5.41) is 48.5. The van der Waals surface area contributed by atoms with Gasteiger partial charge in [0.25, 0.3) is 0 Å². The van der Waals surface area contributed by atoms with E-state index >= 15 is 8.78 Å². The summed E-state index contributed by atoms with van der Waals surface area (Å²) in [4.78, 5) is 23.9. The Balaban J connectivity index is 2.61. The van der Waals surface area contributed by atoms with Crippen LogP contribution in [0.15, 0.2) is 6.20 Å². The average Bonchev–Trinajstić information content (AvgIpc) is 3.17. The molecule has 1 aromatic heterocycles. The molecule has 31 heavy (non-hydrogen) atoms. The van der Waals surface area contributed by atoms with Crippen molar-refractivity contribution in [3.63, 3.8) is 0 Å². The van der Waals surface area contributed by atoms with Gasteiger partial charge in [-0.15, -0.1) is 5.10 Å². The van der Waals surface area contributed by atoms with Gasteiger partial charge in [0.15, 0.2) is 6.17 Å². The third-order valence-electron chi connectivity index (χ3n) is 4.88. The van der Waals surface area contributed by atoms with Crippen molar-refractivity contribution in [1.29, 1.82) is 0 Å².